The number of amides is 1. The first kappa shape index (κ1) is 25.0. The molecule has 12 nitrogen and oxygen atoms in total. The van der Waals surface area contributed by atoms with Crippen LogP contribution in [0.1, 0.15) is 17.4 Å². The van der Waals surface area contributed by atoms with Crippen molar-refractivity contribution in [3.8, 4) is 39.8 Å². The van der Waals surface area contributed by atoms with Crippen molar-refractivity contribution >= 4 is 23.3 Å². The summed E-state index contributed by atoms with van der Waals surface area (Å²) < 4.78 is 11.7. The van der Waals surface area contributed by atoms with E-state index in [2.05, 4.69) is 20.6 Å². The van der Waals surface area contributed by atoms with Crippen LogP contribution in [0.2, 0.25) is 0 Å². The Balaban J connectivity index is 1.65. The molecule has 194 valence electrons. The number of ether oxygens (including phenoxy) is 1. The summed E-state index contributed by atoms with van der Waals surface area (Å²) in [5, 5.41) is 22.2. The van der Waals surface area contributed by atoms with Crippen LogP contribution in [0.25, 0.3) is 39.8 Å². The second-order valence-electron chi connectivity index (χ2n) is 8.30. The second-order valence-corrected chi connectivity index (χ2v) is 8.30. The number of aromatic nitrogens is 4. The number of rotatable bonds is 7. The number of methoxy groups -OCH3 is 1. The average molecular weight is 524 g/mol. The van der Waals surface area contributed by atoms with Gasteiger partial charge in [0.05, 0.1) is 17.7 Å². The number of carbonyl (C=O) groups excluding carboxylic acids is 2. The van der Waals surface area contributed by atoms with E-state index in [0.717, 1.165) is 11.1 Å². The van der Waals surface area contributed by atoms with Gasteiger partial charge in [0.25, 0.3) is 11.6 Å². The molecule has 0 radical (unpaired) electrons. The van der Waals surface area contributed by atoms with E-state index in [4.69, 9.17) is 9.26 Å². The summed E-state index contributed by atoms with van der Waals surface area (Å²) in [6.07, 6.45) is 0. The van der Waals surface area contributed by atoms with E-state index >= 15 is 0 Å². The van der Waals surface area contributed by atoms with Crippen molar-refractivity contribution in [1.29, 1.82) is 0 Å². The van der Waals surface area contributed by atoms with Gasteiger partial charge in [-0.2, -0.15) is 10.1 Å². The topological polar surface area (TPSA) is 155 Å². The summed E-state index contributed by atoms with van der Waals surface area (Å²) in [5.41, 5.74) is 2.75. The highest BCUT2D eigenvalue weighted by atomic mass is 16.6. The van der Waals surface area contributed by atoms with Gasteiger partial charge < -0.3 is 14.6 Å². The van der Waals surface area contributed by atoms with Crippen molar-refractivity contribution in [2.75, 3.05) is 12.4 Å². The third-order valence-corrected chi connectivity index (χ3v) is 5.73. The van der Waals surface area contributed by atoms with Gasteiger partial charge in [-0.25, -0.2) is 9.48 Å². The van der Waals surface area contributed by atoms with Crippen molar-refractivity contribution in [3.63, 3.8) is 0 Å². The highest BCUT2D eigenvalue weighted by molar-refractivity contribution is 6.03. The number of benzene rings is 3. The fourth-order valence-corrected chi connectivity index (χ4v) is 3.95. The minimum absolute atomic E-state index is 0.0183. The molecule has 5 rings (SSSR count). The Hall–Kier alpha value is -5.65. The van der Waals surface area contributed by atoms with Crippen molar-refractivity contribution in [2.24, 2.45) is 0 Å². The van der Waals surface area contributed by atoms with Gasteiger partial charge in [-0.15, -0.1) is 0 Å². The summed E-state index contributed by atoms with van der Waals surface area (Å²) in [4.78, 5) is 39.9. The number of carbonyl (C=O) groups is 2. The largest absolute Gasteiger partial charge is 0.464 e. The molecular weight excluding hydrogens is 504 g/mol. The van der Waals surface area contributed by atoms with Gasteiger partial charge in [0.2, 0.25) is 11.7 Å². The molecule has 0 aliphatic carbocycles. The number of hydrogen-bond acceptors (Lipinski definition) is 9. The number of anilines is 1. The quantitative estimate of drug-likeness (QED) is 0.178. The molecule has 0 bridgehead atoms. The van der Waals surface area contributed by atoms with Gasteiger partial charge in [0, 0.05) is 24.6 Å². The van der Waals surface area contributed by atoms with Crippen molar-refractivity contribution in [3.05, 3.63) is 94.7 Å². The number of nitrogens with zero attached hydrogens (tertiary/aromatic N) is 5. The van der Waals surface area contributed by atoms with E-state index < -0.39 is 16.8 Å². The summed E-state index contributed by atoms with van der Waals surface area (Å²) in [5.74, 6) is -1.16. The van der Waals surface area contributed by atoms with Crippen LogP contribution < -0.4 is 5.32 Å². The third kappa shape index (κ3) is 4.98. The Bertz CT molecular complexity index is 1690. The van der Waals surface area contributed by atoms with Crippen LogP contribution in [0.5, 0.6) is 0 Å². The molecule has 0 aliphatic heterocycles. The lowest BCUT2D eigenvalue weighted by Gasteiger charge is -2.10. The summed E-state index contributed by atoms with van der Waals surface area (Å²) >= 11 is 0. The van der Waals surface area contributed by atoms with Gasteiger partial charge >= 0.3 is 5.97 Å². The van der Waals surface area contributed by atoms with Crippen molar-refractivity contribution in [2.45, 2.75) is 6.92 Å². The van der Waals surface area contributed by atoms with Gasteiger partial charge in [-0.3, -0.25) is 14.9 Å². The monoisotopic (exact) mass is 524 g/mol. The van der Waals surface area contributed by atoms with E-state index in [0.29, 0.717) is 11.3 Å². The maximum atomic E-state index is 13.0. The van der Waals surface area contributed by atoms with Crippen LogP contribution in [-0.2, 0) is 9.53 Å². The number of nitrogens with one attached hydrogen (secondary N) is 1. The smallest absolute Gasteiger partial charge is 0.359 e. The first-order valence-corrected chi connectivity index (χ1v) is 11.6. The zero-order valence-corrected chi connectivity index (χ0v) is 20.7. The molecule has 1 N–H and O–H groups in total. The van der Waals surface area contributed by atoms with Crippen LogP contribution in [0.3, 0.4) is 0 Å². The fraction of sp³-hybridized carbons (Fsp3) is 0.0741. The molecule has 2 heterocycles. The molecule has 0 aliphatic rings. The maximum Gasteiger partial charge on any atom is 0.359 e. The molecule has 5 aromatic rings. The minimum atomic E-state index is -0.748. The van der Waals surface area contributed by atoms with Gasteiger partial charge in [-0.1, -0.05) is 47.6 Å². The first-order chi connectivity index (χ1) is 18.9. The van der Waals surface area contributed by atoms with Gasteiger partial charge in [0.15, 0.2) is 11.4 Å². The number of nitro groups is 1. The van der Waals surface area contributed by atoms with Crippen molar-refractivity contribution < 1.29 is 23.8 Å². The third-order valence-electron chi connectivity index (χ3n) is 5.73. The molecule has 0 fully saturated rings. The lowest BCUT2D eigenvalue weighted by atomic mass is 10.1. The summed E-state index contributed by atoms with van der Waals surface area (Å²) in [7, 11) is 1.22. The molecule has 0 atom stereocenters. The predicted octanol–water partition coefficient (Wildman–Crippen LogP) is 4.91. The molecular formula is C27H20N6O6. The van der Waals surface area contributed by atoms with E-state index in [-0.39, 0.29) is 34.5 Å². The van der Waals surface area contributed by atoms with E-state index in [1.54, 1.807) is 6.07 Å². The van der Waals surface area contributed by atoms with Crippen LogP contribution in [0.4, 0.5) is 11.4 Å². The lowest BCUT2D eigenvalue weighted by Crippen LogP contribution is -2.15. The van der Waals surface area contributed by atoms with Crippen LogP contribution in [0.15, 0.2) is 83.4 Å². The van der Waals surface area contributed by atoms with Gasteiger partial charge in [0.1, 0.15) is 5.69 Å². The van der Waals surface area contributed by atoms with Crippen LogP contribution >= 0.6 is 0 Å². The summed E-state index contributed by atoms with van der Waals surface area (Å²) in [6, 6.07) is 22.6. The number of hydrogen-bond donors (Lipinski definition) is 1. The fourth-order valence-electron chi connectivity index (χ4n) is 3.95. The highest BCUT2D eigenvalue weighted by Gasteiger charge is 2.29. The highest BCUT2D eigenvalue weighted by Crippen LogP contribution is 2.34. The number of nitro benzene ring substituents is 1. The molecule has 39 heavy (non-hydrogen) atoms. The summed E-state index contributed by atoms with van der Waals surface area (Å²) in [6.45, 7) is 1.29. The van der Waals surface area contributed by atoms with Crippen LogP contribution in [0, 0.1) is 10.1 Å². The SMILES string of the molecule is COC(=O)c1c(NC(C)=O)c(-c2noc(-c3ccc([N+](=O)[O-])cc3)n2)nn1-c1cccc(-c2ccccc2)c1. The maximum absolute atomic E-state index is 13.0. The Morgan fingerprint density at radius 3 is 2.36 bits per heavy atom. The molecule has 0 spiro atoms. The first-order valence-electron chi connectivity index (χ1n) is 11.6. The van der Waals surface area contributed by atoms with Crippen molar-refractivity contribution in [1.82, 2.24) is 19.9 Å². The van der Waals surface area contributed by atoms with Crippen LogP contribution in [-0.4, -0.2) is 43.8 Å². The molecule has 0 saturated carbocycles. The Morgan fingerprint density at radius 2 is 1.69 bits per heavy atom. The number of non-ortho nitro benzene ring substituents is 1. The molecule has 12 heteroatoms. The normalized spacial score (nSPS) is 10.7. The second kappa shape index (κ2) is 10.4. The van der Waals surface area contributed by atoms with E-state index in [9.17, 15) is 19.7 Å². The average Bonchev–Trinajstić information content (AvgIpc) is 3.58. The molecule has 3 aromatic carbocycles. The standard InChI is InChI=1S/C27H20N6O6/c1-16(34)28-22-23(25-29-26(39-31-25)18-11-13-20(14-12-18)33(36)37)30-32(24(22)27(35)38-2)21-10-6-9-19(15-21)17-7-4-3-5-8-17/h3-15H,1-2H3,(H,28,34). The molecule has 1 amide bonds. The lowest BCUT2D eigenvalue weighted by molar-refractivity contribution is -0.384. The Morgan fingerprint density at radius 1 is 0.974 bits per heavy atom. The molecule has 2 aromatic heterocycles. The Kier molecular flexibility index (Phi) is 6.66. The zero-order chi connectivity index (χ0) is 27.5. The zero-order valence-electron chi connectivity index (χ0n) is 20.7. The Labute approximate surface area is 221 Å². The predicted molar refractivity (Wildman–Crippen MR) is 140 cm³/mol. The van der Waals surface area contributed by atoms with E-state index in [1.807, 2.05) is 48.5 Å². The van der Waals surface area contributed by atoms with E-state index in [1.165, 1.54) is 43.0 Å². The molecule has 0 saturated heterocycles. The number of esters is 1. The minimum Gasteiger partial charge on any atom is -0.464 e. The molecule has 0 unspecified atom stereocenters. The van der Waals surface area contributed by atoms with Gasteiger partial charge in [-0.05, 0) is 35.4 Å².